The van der Waals surface area contributed by atoms with Crippen LogP contribution in [-0.2, 0) is 4.79 Å². The number of ketones is 1. The summed E-state index contributed by atoms with van der Waals surface area (Å²) in [6.45, 7) is 14.8. The molecule has 4 aliphatic carbocycles. The normalized spacial score (nSPS) is 45.1. The molecular weight excluding hydrogens is 364 g/mol. The average molecular weight is 413 g/mol. The predicted octanol–water partition coefficient (Wildman–Crippen LogP) is 8.23. The molecule has 4 saturated carbocycles. The molecule has 8 atom stereocenters. The molecule has 0 spiro atoms. The second kappa shape index (κ2) is 8.40. The largest absolute Gasteiger partial charge is 0.300 e. The van der Waals surface area contributed by atoms with E-state index in [0.717, 1.165) is 42.4 Å². The van der Waals surface area contributed by atoms with Crippen LogP contribution in [0.5, 0.6) is 0 Å². The van der Waals surface area contributed by atoms with Gasteiger partial charge in [0, 0.05) is 12.8 Å². The van der Waals surface area contributed by atoms with Gasteiger partial charge >= 0.3 is 0 Å². The van der Waals surface area contributed by atoms with E-state index in [1.54, 1.807) is 5.57 Å². The molecule has 170 valence electrons. The van der Waals surface area contributed by atoms with E-state index in [1.165, 1.54) is 57.8 Å². The molecule has 30 heavy (non-hydrogen) atoms. The van der Waals surface area contributed by atoms with Crippen LogP contribution < -0.4 is 0 Å². The summed E-state index contributed by atoms with van der Waals surface area (Å²) in [7, 11) is 0. The van der Waals surface area contributed by atoms with Gasteiger partial charge in [-0.1, -0.05) is 46.3 Å². The van der Waals surface area contributed by atoms with E-state index in [9.17, 15) is 4.79 Å². The maximum absolute atomic E-state index is 12.1. The monoisotopic (exact) mass is 412 g/mol. The minimum atomic E-state index is 0.458. The lowest BCUT2D eigenvalue weighted by molar-refractivity contribution is -0.140. The van der Waals surface area contributed by atoms with Crippen LogP contribution in [0.3, 0.4) is 0 Å². The summed E-state index contributed by atoms with van der Waals surface area (Å²) in [5, 5.41) is 0. The summed E-state index contributed by atoms with van der Waals surface area (Å²) < 4.78 is 0. The first-order valence-corrected chi connectivity index (χ1v) is 13.4. The van der Waals surface area contributed by atoms with Crippen LogP contribution in [0.25, 0.3) is 0 Å². The fraction of sp³-hybridized carbons (Fsp3) is 0.897. The van der Waals surface area contributed by atoms with E-state index in [2.05, 4.69) is 47.6 Å². The van der Waals surface area contributed by atoms with Gasteiger partial charge in [-0.25, -0.2) is 0 Å². The third-order valence-corrected chi connectivity index (χ3v) is 11.2. The molecule has 0 N–H and O–H groups in total. The van der Waals surface area contributed by atoms with Crippen molar-refractivity contribution < 1.29 is 4.79 Å². The molecule has 1 heteroatoms. The molecule has 0 aliphatic heterocycles. The molecule has 0 aromatic rings. The van der Waals surface area contributed by atoms with Gasteiger partial charge in [0.15, 0.2) is 0 Å². The van der Waals surface area contributed by atoms with E-state index < -0.39 is 0 Å². The minimum Gasteiger partial charge on any atom is -0.300 e. The van der Waals surface area contributed by atoms with E-state index in [1.807, 2.05) is 0 Å². The fourth-order valence-corrected chi connectivity index (χ4v) is 9.38. The third kappa shape index (κ3) is 3.65. The summed E-state index contributed by atoms with van der Waals surface area (Å²) in [4.78, 5) is 12.1. The second-order valence-electron chi connectivity index (χ2n) is 12.7. The van der Waals surface area contributed by atoms with Crippen molar-refractivity contribution in [1.29, 1.82) is 0 Å². The van der Waals surface area contributed by atoms with Gasteiger partial charge < -0.3 is 0 Å². The van der Waals surface area contributed by atoms with Gasteiger partial charge in [-0.05, 0) is 117 Å². The smallest absolute Gasteiger partial charge is 0.133 e. The first-order chi connectivity index (χ1) is 14.2. The number of Topliss-reactive ketones (excluding diaryl/α,β-unsaturated/α-hetero) is 1. The van der Waals surface area contributed by atoms with Crippen molar-refractivity contribution >= 4 is 5.78 Å². The third-order valence-electron chi connectivity index (χ3n) is 11.2. The molecule has 8 unspecified atom stereocenters. The van der Waals surface area contributed by atoms with E-state index in [-0.39, 0.29) is 0 Å². The zero-order chi connectivity index (χ0) is 21.7. The molecule has 0 radical (unpaired) electrons. The summed E-state index contributed by atoms with van der Waals surface area (Å²) in [5.41, 5.74) is 2.69. The molecule has 4 rings (SSSR count). The van der Waals surface area contributed by atoms with Crippen molar-refractivity contribution in [2.75, 3.05) is 0 Å². The van der Waals surface area contributed by atoms with Crippen molar-refractivity contribution in [3.05, 3.63) is 11.6 Å². The Hall–Kier alpha value is -0.590. The van der Waals surface area contributed by atoms with Crippen LogP contribution in [0.1, 0.15) is 112 Å². The zero-order valence-electron chi connectivity index (χ0n) is 20.8. The highest BCUT2D eigenvalue weighted by Crippen LogP contribution is 2.68. The summed E-state index contributed by atoms with van der Waals surface area (Å²) in [6.07, 6.45) is 16.6. The van der Waals surface area contributed by atoms with E-state index in [4.69, 9.17) is 0 Å². The Labute approximate surface area is 186 Å². The Bertz CT molecular complexity index is 674. The van der Waals surface area contributed by atoms with Crippen LogP contribution in [0.2, 0.25) is 0 Å². The number of fused-ring (bicyclic) bond motifs is 5. The lowest BCUT2D eigenvalue weighted by Crippen LogP contribution is -2.53. The lowest BCUT2D eigenvalue weighted by atomic mass is 9.44. The average Bonchev–Trinajstić information content (AvgIpc) is 3.06. The molecule has 0 aromatic carbocycles. The van der Waals surface area contributed by atoms with Gasteiger partial charge in [0.25, 0.3) is 0 Å². The van der Waals surface area contributed by atoms with Crippen LogP contribution in [0, 0.1) is 52.3 Å². The molecular formula is C29H48O. The van der Waals surface area contributed by atoms with Crippen LogP contribution in [-0.4, -0.2) is 5.78 Å². The molecule has 0 aromatic heterocycles. The zero-order valence-corrected chi connectivity index (χ0v) is 20.8. The Morgan fingerprint density at radius 1 is 1.00 bits per heavy atom. The Morgan fingerprint density at radius 3 is 2.43 bits per heavy atom. The minimum absolute atomic E-state index is 0.458. The van der Waals surface area contributed by atoms with Crippen LogP contribution >= 0.6 is 0 Å². The van der Waals surface area contributed by atoms with Gasteiger partial charge in [0.1, 0.15) is 5.78 Å². The van der Waals surface area contributed by atoms with Gasteiger partial charge in [0.05, 0.1) is 0 Å². The topological polar surface area (TPSA) is 17.1 Å². The number of hydrogen-bond acceptors (Lipinski definition) is 1. The number of carbonyl (C=O) groups is 1. The van der Waals surface area contributed by atoms with Crippen molar-refractivity contribution in [1.82, 2.24) is 0 Å². The predicted molar refractivity (Wildman–Crippen MR) is 127 cm³/mol. The van der Waals surface area contributed by atoms with E-state index in [0.29, 0.717) is 28.4 Å². The highest BCUT2D eigenvalue weighted by molar-refractivity contribution is 5.79. The number of allylic oxidation sites excluding steroid dienone is 2. The van der Waals surface area contributed by atoms with Crippen molar-refractivity contribution in [3.8, 4) is 0 Å². The Balaban J connectivity index is 1.47. The molecule has 0 heterocycles. The van der Waals surface area contributed by atoms with Gasteiger partial charge in [-0.15, -0.1) is 0 Å². The van der Waals surface area contributed by atoms with E-state index >= 15 is 0 Å². The molecule has 0 bridgehead atoms. The van der Waals surface area contributed by atoms with Gasteiger partial charge in [0.2, 0.25) is 0 Å². The summed E-state index contributed by atoms with van der Waals surface area (Å²) in [5.74, 6) is 6.50. The number of carbonyl (C=O) groups excluding carboxylic acids is 1. The highest BCUT2D eigenvalue weighted by Gasteiger charge is 2.60. The lowest BCUT2D eigenvalue weighted by Gasteiger charge is -2.60. The quantitative estimate of drug-likeness (QED) is 0.415. The number of hydrogen-bond donors (Lipinski definition) is 0. The van der Waals surface area contributed by atoms with Crippen LogP contribution in [0.15, 0.2) is 11.6 Å². The fourth-order valence-electron chi connectivity index (χ4n) is 9.38. The standard InChI is InChI=1S/C29H48O/c1-7-21(19(2)3)9-8-20(4)25-12-13-26-24-11-10-22-18-23(30)14-16-28(22,5)27(24)15-17-29(25,26)6/h7,19-20,22,24-27H,8-18H2,1-6H3. The summed E-state index contributed by atoms with van der Waals surface area (Å²) in [6, 6.07) is 0. The van der Waals surface area contributed by atoms with Crippen LogP contribution in [0.4, 0.5) is 0 Å². The first kappa shape index (κ1) is 22.6. The van der Waals surface area contributed by atoms with Crippen molar-refractivity contribution in [3.63, 3.8) is 0 Å². The summed E-state index contributed by atoms with van der Waals surface area (Å²) >= 11 is 0. The maximum Gasteiger partial charge on any atom is 0.133 e. The molecule has 1 nitrogen and oxygen atoms in total. The highest BCUT2D eigenvalue weighted by atomic mass is 16.1. The molecule has 4 fully saturated rings. The number of rotatable bonds is 5. The molecule has 0 saturated heterocycles. The SMILES string of the molecule is CC=C(CCC(C)C1CCC2C3CCC4CC(=O)CCC4(C)C3CCC12C)C(C)C. The first-order valence-electron chi connectivity index (χ1n) is 13.4. The van der Waals surface area contributed by atoms with Gasteiger partial charge in [-0.2, -0.15) is 0 Å². The Morgan fingerprint density at radius 2 is 1.73 bits per heavy atom. The molecule has 4 aliphatic rings. The van der Waals surface area contributed by atoms with Crippen molar-refractivity contribution in [2.24, 2.45) is 52.3 Å². The maximum atomic E-state index is 12.1. The Kier molecular flexibility index (Phi) is 6.33. The second-order valence-corrected chi connectivity index (χ2v) is 12.7. The molecule has 0 amide bonds. The van der Waals surface area contributed by atoms with Gasteiger partial charge in [-0.3, -0.25) is 4.79 Å². The van der Waals surface area contributed by atoms with Crippen molar-refractivity contribution in [2.45, 2.75) is 112 Å².